The number of ether oxygens (including phenoxy) is 1. The van der Waals surface area contributed by atoms with Crippen LogP contribution < -0.4 is 15.4 Å². The minimum atomic E-state index is -0.278. The van der Waals surface area contributed by atoms with Crippen LogP contribution in [-0.4, -0.2) is 12.5 Å². The third-order valence-electron chi connectivity index (χ3n) is 5.01. The number of rotatable bonds is 7. The molecule has 0 aliphatic carbocycles. The van der Waals surface area contributed by atoms with E-state index in [2.05, 4.69) is 10.6 Å². The molecule has 2 N–H and O–H groups in total. The van der Waals surface area contributed by atoms with Gasteiger partial charge in [-0.1, -0.05) is 48.0 Å². The fourth-order valence-electron chi connectivity index (χ4n) is 3.37. The normalized spacial score (nSPS) is 10.6. The van der Waals surface area contributed by atoms with Crippen LogP contribution in [0.2, 0.25) is 0 Å². The molecule has 31 heavy (non-hydrogen) atoms. The van der Waals surface area contributed by atoms with E-state index in [9.17, 15) is 9.18 Å². The number of amides is 1. The van der Waals surface area contributed by atoms with Crippen LogP contribution in [0.5, 0.6) is 5.75 Å². The second-order valence-electron chi connectivity index (χ2n) is 7.33. The fraction of sp³-hybridized carbons (Fsp3) is 0.115. The number of carbonyl (C=O) groups excluding carboxylic acids is 1. The number of fused-ring (bicyclic) bond motifs is 1. The van der Waals surface area contributed by atoms with Crippen LogP contribution in [0.3, 0.4) is 0 Å². The van der Waals surface area contributed by atoms with Crippen molar-refractivity contribution in [3.63, 3.8) is 0 Å². The molecule has 4 aromatic carbocycles. The third-order valence-corrected chi connectivity index (χ3v) is 5.01. The summed E-state index contributed by atoms with van der Waals surface area (Å²) >= 11 is 0. The number of anilines is 2. The molecule has 0 fully saturated rings. The van der Waals surface area contributed by atoms with Gasteiger partial charge in [0.2, 0.25) is 0 Å². The number of hydrogen-bond acceptors (Lipinski definition) is 3. The van der Waals surface area contributed by atoms with Crippen LogP contribution in [0.1, 0.15) is 11.1 Å². The Kier molecular flexibility index (Phi) is 6.13. The highest BCUT2D eigenvalue weighted by Gasteiger charge is 2.11. The lowest BCUT2D eigenvalue weighted by atomic mass is 10.0. The van der Waals surface area contributed by atoms with Gasteiger partial charge in [0.25, 0.3) is 5.91 Å². The molecule has 0 radical (unpaired) electrons. The van der Waals surface area contributed by atoms with Gasteiger partial charge in [-0.25, -0.2) is 4.39 Å². The zero-order valence-corrected chi connectivity index (χ0v) is 17.2. The van der Waals surface area contributed by atoms with Crippen molar-refractivity contribution in [2.75, 3.05) is 17.2 Å². The van der Waals surface area contributed by atoms with Crippen molar-refractivity contribution in [2.24, 2.45) is 0 Å². The summed E-state index contributed by atoms with van der Waals surface area (Å²) in [5.41, 5.74) is 3.60. The molecular weight excluding hydrogens is 391 g/mol. The summed E-state index contributed by atoms with van der Waals surface area (Å²) in [4.78, 5) is 12.4. The molecule has 0 bridgehead atoms. The predicted molar refractivity (Wildman–Crippen MR) is 123 cm³/mol. The number of benzene rings is 4. The van der Waals surface area contributed by atoms with Gasteiger partial charge in [0.05, 0.1) is 0 Å². The summed E-state index contributed by atoms with van der Waals surface area (Å²) in [6.07, 6.45) is 0. The molecule has 4 aromatic rings. The summed E-state index contributed by atoms with van der Waals surface area (Å²) < 4.78 is 19.1. The quantitative estimate of drug-likeness (QED) is 0.395. The SMILES string of the molecule is Cc1ccc(NC(=O)COc2ccc3ccccc3c2CNc2ccc(F)cc2)cc1. The summed E-state index contributed by atoms with van der Waals surface area (Å²) in [7, 11) is 0. The molecule has 4 rings (SSSR count). The van der Waals surface area contributed by atoms with Crippen LogP contribution in [0, 0.1) is 12.7 Å². The van der Waals surface area contributed by atoms with Crippen LogP contribution in [0.25, 0.3) is 10.8 Å². The van der Waals surface area contributed by atoms with Crippen molar-refractivity contribution in [3.8, 4) is 5.75 Å². The molecule has 0 atom stereocenters. The summed E-state index contributed by atoms with van der Waals surface area (Å²) in [6, 6.07) is 25.7. The predicted octanol–water partition coefficient (Wildman–Crippen LogP) is 5.92. The van der Waals surface area contributed by atoms with E-state index in [1.54, 1.807) is 12.1 Å². The number of halogens is 1. The van der Waals surface area contributed by atoms with E-state index in [1.165, 1.54) is 12.1 Å². The Morgan fingerprint density at radius 1 is 0.871 bits per heavy atom. The highest BCUT2D eigenvalue weighted by atomic mass is 19.1. The second kappa shape index (κ2) is 9.30. The van der Waals surface area contributed by atoms with Crippen LogP contribution >= 0.6 is 0 Å². The van der Waals surface area contributed by atoms with Crippen LogP contribution in [0.4, 0.5) is 15.8 Å². The monoisotopic (exact) mass is 414 g/mol. The molecule has 0 aromatic heterocycles. The maximum Gasteiger partial charge on any atom is 0.262 e. The Morgan fingerprint density at radius 2 is 1.58 bits per heavy atom. The number of nitrogens with one attached hydrogen (secondary N) is 2. The maximum atomic E-state index is 13.2. The average molecular weight is 414 g/mol. The Morgan fingerprint density at radius 3 is 2.35 bits per heavy atom. The number of carbonyl (C=O) groups is 1. The third kappa shape index (κ3) is 5.20. The number of aryl methyl sites for hydroxylation is 1. The van der Waals surface area contributed by atoms with Gasteiger partial charge in [0.1, 0.15) is 11.6 Å². The van der Waals surface area contributed by atoms with Crippen LogP contribution in [-0.2, 0) is 11.3 Å². The molecule has 156 valence electrons. The van der Waals surface area contributed by atoms with Gasteiger partial charge in [0, 0.05) is 23.5 Å². The lowest BCUT2D eigenvalue weighted by Crippen LogP contribution is -2.20. The Balaban J connectivity index is 1.50. The van der Waals surface area contributed by atoms with Gasteiger partial charge < -0.3 is 15.4 Å². The first-order chi connectivity index (χ1) is 15.1. The van der Waals surface area contributed by atoms with E-state index in [4.69, 9.17) is 4.74 Å². The van der Waals surface area contributed by atoms with Gasteiger partial charge in [-0.05, 0) is 60.2 Å². The lowest BCUT2D eigenvalue weighted by Gasteiger charge is -2.16. The largest absolute Gasteiger partial charge is 0.483 e. The van der Waals surface area contributed by atoms with Gasteiger partial charge >= 0.3 is 0 Å². The minimum Gasteiger partial charge on any atom is -0.483 e. The van der Waals surface area contributed by atoms with Crippen molar-refractivity contribution in [1.82, 2.24) is 0 Å². The molecule has 4 nitrogen and oxygen atoms in total. The molecule has 0 aliphatic rings. The van der Waals surface area contributed by atoms with Crippen LogP contribution in [0.15, 0.2) is 84.9 Å². The Labute approximate surface area is 180 Å². The Bertz CT molecular complexity index is 1190. The van der Waals surface area contributed by atoms with Crippen molar-refractivity contribution in [2.45, 2.75) is 13.5 Å². The van der Waals surface area contributed by atoms with E-state index < -0.39 is 0 Å². The molecule has 0 unspecified atom stereocenters. The molecule has 0 saturated heterocycles. The van der Waals surface area contributed by atoms with Crippen molar-refractivity contribution in [3.05, 3.63) is 102 Å². The van der Waals surface area contributed by atoms with E-state index in [-0.39, 0.29) is 18.3 Å². The molecule has 0 aliphatic heterocycles. The first kappa shape index (κ1) is 20.4. The van der Waals surface area contributed by atoms with Crippen molar-refractivity contribution in [1.29, 1.82) is 0 Å². The van der Waals surface area contributed by atoms with Gasteiger partial charge in [-0.15, -0.1) is 0 Å². The van der Waals surface area contributed by atoms with E-state index >= 15 is 0 Å². The minimum absolute atomic E-state index is 0.101. The van der Waals surface area contributed by atoms with Gasteiger partial charge in [0.15, 0.2) is 6.61 Å². The zero-order valence-electron chi connectivity index (χ0n) is 17.2. The summed E-state index contributed by atoms with van der Waals surface area (Å²) in [6.45, 7) is 2.37. The topological polar surface area (TPSA) is 50.4 Å². The van der Waals surface area contributed by atoms with E-state index in [0.29, 0.717) is 12.3 Å². The second-order valence-corrected chi connectivity index (χ2v) is 7.33. The smallest absolute Gasteiger partial charge is 0.262 e. The standard InChI is InChI=1S/C26H23FN2O2/c1-18-6-11-22(12-7-18)29-26(30)17-31-25-15-8-19-4-2-3-5-23(19)24(25)16-28-21-13-9-20(27)10-14-21/h2-15,28H,16-17H2,1H3,(H,29,30). The maximum absolute atomic E-state index is 13.2. The fourth-order valence-corrected chi connectivity index (χ4v) is 3.37. The Hall–Kier alpha value is -3.86. The van der Waals surface area contributed by atoms with Gasteiger partial charge in [-0.3, -0.25) is 4.79 Å². The molecule has 1 amide bonds. The molecule has 5 heteroatoms. The molecular formula is C26H23FN2O2. The molecule has 0 heterocycles. The summed E-state index contributed by atoms with van der Waals surface area (Å²) in [5, 5.41) is 8.26. The first-order valence-corrected chi connectivity index (χ1v) is 10.1. The highest BCUT2D eigenvalue weighted by Crippen LogP contribution is 2.29. The molecule has 0 spiro atoms. The van der Waals surface area contributed by atoms with Crippen molar-refractivity contribution >= 4 is 28.1 Å². The number of hydrogen-bond donors (Lipinski definition) is 2. The molecule has 0 saturated carbocycles. The van der Waals surface area contributed by atoms with E-state index in [1.807, 2.05) is 67.6 Å². The van der Waals surface area contributed by atoms with E-state index in [0.717, 1.165) is 33.3 Å². The highest BCUT2D eigenvalue weighted by molar-refractivity contribution is 5.92. The zero-order chi connectivity index (χ0) is 21.6. The average Bonchev–Trinajstić information content (AvgIpc) is 2.79. The first-order valence-electron chi connectivity index (χ1n) is 10.1. The van der Waals surface area contributed by atoms with Gasteiger partial charge in [-0.2, -0.15) is 0 Å². The summed E-state index contributed by atoms with van der Waals surface area (Å²) in [5.74, 6) is 0.126. The van der Waals surface area contributed by atoms with Crippen molar-refractivity contribution < 1.29 is 13.9 Å². The lowest BCUT2D eigenvalue weighted by molar-refractivity contribution is -0.118.